The summed E-state index contributed by atoms with van der Waals surface area (Å²) in [6, 6.07) is 5.63. The molecule has 3 heterocycles. The largest absolute Gasteiger partial charge is 0.461 e. The Kier molecular flexibility index (Phi) is 8.80. The van der Waals surface area contributed by atoms with Gasteiger partial charge in [-0.2, -0.15) is 5.09 Å². The summed E-state index contributed by atoms with van der Waals surface area (Å²) in [7, 11) is -4.55. The zero-order valence-corrected chi connectivity index (χ0v) is 24.6. The third-order valence-corrected chi connectivity index (χ3v) is 9.34. The summed E-state index contributed by atoms with van der Waals surface area (Å²) in [5.74, 6) is -4.53. The average molecular weight is 627 g/mol. The van der Waals surface area contributed by atoms with E-state index >= 15 is 4.39 Å². The van der Waals surface area contributed by atoms with Crippen LogP contribution in [0.15, 0.2) is 40.3 Å². The second-order valence-corrected chi connectivity index (χ2v) is 12.9. The molecule has 236 valence electrons. The number of aliphatic hydroxyl groups is 2. The Labute approximate surface area is 247 Å². The summed E-state index contributed by atoms with van der Waals surface area (Å²) in [4.78, 5) is 34.4. The fraction of sp³-hybridized carbons (Fsp3) is 0.615. The van der Waals surface area contributed by atoms with Gasteiger partial charge in [0.1, 0.15) is 36.2 Å². The smallest absolute Gasteiger partial charge is 0.459 e. The number of hydrogen-bond acceptors (Lipinski definition) is 13. The molecule has 8 unspecified atom stereocenters. The van der Waals surface area contributed by atoms with Gasteiger partial charge in [0.15, 0.2) is 24.4 Å². The van der Waals surface area contributed by atoms with Crippen molar-refractivity contribution in [3.8, 4) is 5.75 Å². The van der Waals surface area contributed by atoms with Crippen molar-refractivity contribution >= 4 is 31.9 Å². The summed E-state index contributed by atoms with van der Waals surface area (Å²) in [5, 5.41) is 26.8. The number of ether oxygens (including phenoxy) is 2. The number of esters is 1. The van der Waals surface area contributed by atoms with Gasteiger partial charge in [0, 0.05) is 0 Å². The second kappa shape index (κ2) is 12.1. The van der Waals surface area contributed by atoms with Crippen LogP contribution in [0.2, 0.25) is 0 Å². The van der Waals surface area contributed by atoms with E-state index in [-0.39, 0.29) is 17.8 Å². The lowest BCUT2D eigenvalue weighted by Gasteiger charge is -2.36. The van der Waals surface area contributed by atoms with Crippen molar-refractivity contribution in [2.24, 2.45) is 15.7 Å². The number of hydrogen-bond donors (Lipinski definition) is 5. The zero-order chi connectivity index (χ0) is 31.0. The molecule has 1 aromatic rings. The first-order chi connectivity index (χ1) is 20.3. The highest BCUT2D eigenvalue weighted by Crippen LogP contribution is 2.49. The summed E-state index contributed by atoms with van der Waals surface area (Å²) in [5.41, 5.74) is 3.37. The maximum Gasteiger partial charge on any atom is 0.459 e. The Morgan fingerprint density at radius 2 is 2.02 bits per heavy atom. The molecule has 15 nitrogen and oxygen atoms in total. The summed E-state index contributed by atoms with van der Waals surface area (Å²) in [6.45, 7) is 1.31. The highest BCUT2D eigenvalue weighted by Gasteiger charge is 2.66. The number of nitrogens with zero attached hydrogens (tertiary/aromatic N) is 3. The minimum absolute atomic E-state index is 0.0854. The molecule has 1 aliphatic carbocycles. The van der Waals surface area contributed by atoms with Crippen LogP contribution in [0.1, 0.15) is 46.0 Å². The molecule has 1 amide bonds. The van der Waals surface area contributed by atoms with Gasteiger partial charge in [0.05, 0.1) is 6.34 Å². The SMILES string of the molecule is CC(NP(=O)(OCC1(F)OC(N2C=NC3C(=O)NC(N)=NC32)C(C)(O)C1O)Oc1ccccc1)C(=O)OC1CCCCC1. The first-order valence-electron chi connectivity index (χ1n) is 14.0. The lowest BCUT2D eigenvalue weighted by Crippen LogP contribution is -2.59. The van der Waals surface area contributed by atoms with E-state index in [1.807, 2.05) is 0 Å². The van der Waals surface area contributed by atoms with Crippen LogP contribution in [0.5, 0.6) is 5.75 Å². The standard InChI is InChI=1S/C26H36FN6O9P/c1-15(21(35)40-16-9-5-3-6-10-16)32-43(38,42-17-11-7-4-8-12-17)39-13-26(27)22(36)25(2,37)23(41-26)33-14-29-18-19(33)30-24(28)31-20(18)34/h4,7-8,11-12,14-16,18-19,22-23,36-37H,3,5-6,9-10,13H2,1-2H3,(H,32,38)(H3,28,30,31,34). The second-order valence-electron chi connectivity index (χ2n) is 11.2. The van der Waals surface area contributed by atoms with Gasteiger partial charge in [0.2, 0.25) is 0 Å². The number of guanidine groups is 1. The molecule has 17 heteroatoms. The number of halogens is 1. The van der Waals surface area contributed by atoms with Crippen LogP contribution < -0.4 is 20.7 Å². The maximum atomic E-state index is 16.3. The first-order valence-corrected chi connectivity index (χ1v) is 15.6. The Morgan fingerprint density at radius 1 is 1.33 bits per heavy atom. The van der Waals surface area contributed by atoms with Crippen LogP contribution in [0.25, 0.3) is 0 Å². The minimum atomic E-state index is -4.55. The molecule has 3 aliphatic heterocycles. The quantitative estimate of drug-likeness (QED) is 0.179. The van der Waals surface area contributed by atoms with Crippen molar-refractivity contribution in [2.75, 3.05) is 6.61 Å². The van der Waals surface area contributed by atoms with Crippen LogP contribution in [-0.2, 0) is 28.2 Å². The molecule has 1 saturated carbocycles. The molecule has 0 bridgehead atoms. The van der Waals surface area contributed by atoms with Gasteiger partial charge < -0.3 is 34.8 Å². The van der Waals surface area contributed by atoms with E-state index in [2.05, 4.69) is 20.4 Å². The summed E-state index contributed by atoms with van der Waals surface area (Å²) >= 11 is 0. The monoisotopic (exact) mass is 626 g/mol. The Hall–Kier alpha value is -3.14. The Morgan fingerprint density at radius 3 is 2.72 bits per heavy atom. The molecule has 2 fully saturated rings. The fourth-order valence-electron chi connectivity index (χ4n) is 5.41. The van der Waals surface area contributed by atoms with Crippen molar-refractivity contribution in [2.45, 2.75) is 94.1 Å². The van der Waals surface area contributed by atoms with E-state index in [0.29, 0.717) is 0 Å². The molecule has 43 heavy (non-hydrogen) atoms. The van der Waals surface area contributed by atoms with Crippen LogP contribution in [0.4, 0.5) is 4.39 Å². The van der Waals surface area contributed by atoms with Crippen molar-refractivity contribution in [3.63, 3.8) is 0 Å². The van der Waals surface area contributed by atoms with Gasteiger partial charge in [0.25, 0.3) is 11.8 Å². The predicted octanol–water partition coefficient (Wildman–Crippen LogP) is 0.661. The third-order valence-electron chi connectivity index (χ3n) is 7.72. The van der Waals surface area contributed by atoms with Crippen LogP contribution >= 0.6 is 7.75 Å². The molecule has 1 saturated heterocycles. The van der Waals surface area contributed by atoms with Gasteiger partial charge in [-0.25, -0.2) is 13.9 Å². The summed E-state index contributed by atoms with van der Waals surface area (Å²) < 4.78 is 52.2. The molecule has 5 rings (SSSR count). The number of alkyl halides is 1. The van der Waals surface area contributed by atoms with Crippen LogP contribution in [0.3, 0.4) is 0 Å². The van der Waals surface area contributed by atoms with E-state index in [4.69, 9.17) is 24.3 Å². The van der Waals surface area contributed by atoms with Crippen molar-refractivity contribution in [1.29, 1.82) is 0 Å². The average Bonchev–Trinajstić information content (AvgIpc) is 3.46. The number of carbonyl (C=O) groups is 2. The number of fused-ring (bicyclic) bond motifs is 1. The van der Waals surface area contributed by atoms with E-state index in [1.54, 1.807) is 18.2 Å². The van der Waals surface area contributed by atoms with Gasteiger partial charge in [-0.1, -0.05) is 24.6 Å². The number of aliphatic hydroxyl groups excluding tert-OH is 1. The first kappa shape index (κ1) is 31.3. The Bertz CT molecular complexity index is 1310. The van der Waals surface area contributed by atoms with Crippen molar-refractivity contribution in [3.05, 3.63) is 30.3 Å². The third kappa shape index (κ3) is 6.54. The summed E-state index contributed by atoms with van der Waals surface area (Å²) in [6.07, 6.45) is 0.304. The lowest BCUT2D eigenvalue weighted by atomic mass is 9.94. The predicted molar refractivity (Wildman–Crippen MR) is 149 cm³/mol. The maximum absolute atomic E-state index is 16.3. The van der Waals surface area contributed by atoms with E-state index in [0.717, 1.165) is 50.3 Å². The van der Waals surface area contributed by atoms with Gasteiger partial charge in [-0.05, 0) is 51.7 Å². The lowest BCUT2D eigenvalue weighted by molar-refractivity contribution is -0.208. The molecular formula is C26H36FN6O9P. The number of amides is 1. The van der Waals surface area contributed by atoms with Gasteiger partial charge >= 0.3 is 13.7 Å². The van der Waals surface area contributed by atoms with Crippen LogP contribution in [-0.4, -0.2) is 94.0 Å². The van der Waals surface area contributed by atoms with E-state index in [1.165, 1.54) is 19.1 Å². The van der Waals surface area contributed by atoms with E-state index in [9.17, 15) is 24.4 Å². The molecule has 0 radical (unpaired) electrons. The number of nitrogens with two attached hydrogens (primary N) is 1. The number of carbonyl (C=O) groups excluding carboxylic acids is 2. The normalized spacial score (nSPS) is 34.6. The Balaban J connectivity index is 1.32. The van der Waals surface area contributed by atoms with Crippen LogP contribution in [0, 0.1) is 0 Å². The topological polar surface area (TPSA) is 207 Å². The van der Waals surface area contributed by atoms with Gasteiger partial charge in [-0.3, -0.25) is 24.4 Å². The molecule has 8 atom stereocenters. The number of para-hydroxylation sites is 1. The minimum Gasteiger partial charge on any atom is -0.461 e. The molecule has 6 N–H and O–H groups in total. The molecule has 1 aromatic carbocycles. The zero-order valence-electron chi connectivity index (χ0n) is 23.7. The molecular weight excluding hydrogens is 590 g/mol. The number of aliphatic imine (C=N–C) groups is 2. The highest BCUT2D eigenvalue weighted by molar-refractivity contribution is 7.52. The number of rotatable bonds is 10. The van der Waals surface area contributed by atoms with E-state index < -0.39 is 68.3 Å². The molecule has 0 spiro atoms. The fourth-order valence-corrected chi connectivity index (χ4v) is 6.92. The number of benzene rings is 1. The van der Waals surface area contributed by atoms with Crippen molar-refractivity contribution in [1.82, 2.24) is 15.3 Å². The number of nitrogens with one attached hydrogen (secondary N) is 2. The van der Waals surface area contributed by atoms with Crippen molar-refractivity contribution < 1.29 is 47.3 Å². The molecule has 4 aliphatic rings. The van der Waals surface area contributed by atoms with Gasteiger partial charge in [-0.15, -0.1) is 0 Å². The highest BCUT2D eigenvalue weighted by atomic mass is 31.2. The molecule has 0 aromatic heterocycles.